The molecule has 1 amide bonds. The highest BCUT2D eigenvalue weighted by Crippen LogP contribution is 2.11. The Hall–Kier alpha value is -0.810. The highest BCUT2D eigenvalue weighted by Gasteiger charge is 2.27. The number of unbranched alkanes of at least 4 members (excludes halogenated alkanes) is 1. The zero-order valence-corrected chi connectivity index (χ0v) is 12.7. The van der Waals surface area contributed by atoms with Crippen LogP contribution in [0, 0.1) is 0 Å². The quantitative estimate of drug-likeness (QED) is 0.778. The number of carbonyl (C=O) groups is 1. The predicted molar refractivity (Wildman–Crippen MR) is 75.3 cm³/mol. The number of nitrogens with one attached hydrogen (secondary N) is 1. The summed E-state index contributed by atoms with van der Waals surface area (Å²) in [6, 6.07) is 0.207. The molecule has 1 aliphatic heterocycles. The zero-order chi connectivity index (χ0) is 14.3. The first-order valence-corrected chi connectivity index (χ1v) is 7.21. The maximum atomic E-state index is 12.0. The summed E-state index contributed by atoms with van der Waals surface area (Å²) in [5.74, 6) is 0. The third-order valence-corrected chi connectivity index (χ3v) is 2.87. The Labute approximate surface area is 116 Å². The lowest BCUT2D eigenvalue weighted by Crippen LogP contribution is -2.55. The van der Waals surface area contributed by atoms with Crippen LogP contribution in [0.15, 0.2) is 0 Å². The molecule has 1 fully saturated rings. The van der Waals surface area contributed by atoms with Gasteiger partial charge >= 0.3 is 6.09 Å². The van der Waals surface area contributed by atoms with Gasteiger partial charge in [-0.15, -0.1) is 0 Å². The Morgan fingerprint density at radius 1 is 1.42 bits per heavy atom. The van der Waals surface area contributed by atoms with E-state index in [4.69, 9.17) is 9.47 Å². The first-order valence-electron chi connectivity index (χ1n) is 7.21. The molecule has 0 spiro atoms. The largest absolute Gasteiger partial charge is 0.444 e. The van der Waals surface area contributed by atoms with Crippen molar-refractivity contribution in [1.82, 2.24) is 10.2 Å². The van der Waals surface area contributed by atoms with Gasteiger partial charge in [-0.2, -0.15) is 0 Å². The summed E-state index contributed by atoms with van der Waals surface area (Å²) < 4.78 is 11.0. The SMILES string of the molecule is CCCCOC[C@H]1CN(C(=O)OC(C)(C)C)CCN1. The van der Waals surface area contributed by atoms with E-state index in [0.29, 0.717) is 19.7 Å². The maximum absolute atomic E-state index is 12.0. The molecule has 0 aromatic carbocycles. The van der Waals surface area contributed by atoms with Crippen LogP contribution in [0.5, 0.6) is 0 Å². The summed E-state index contributed by atoms with van der Waals surface area (Å²) in [6.07, 6.45) is 2.00. The van der Waals surface area contributed by atoms with Crippen LogP contribution in [-0.4, -0.2) is 55.5 Å². The van der Waals surface area contributed by atoms with Crippen molar-refractivity contribution in [2.24, 2.45) is 0 Å². The van der Waals surface area contributed by atoms with E-state index in [1.54, 1.807) is 4.90 Å². The van der Waals surface area contributed by atoms with Crippen LogP contribution in [-0.2, 0) is 9.47 Å². The first-order chi connectivity index (χ1) is 8.92. The van der Waals surface area contributed by atoms with Gasteiger partial charge in [-0.3, -0.25) is 0 Å². The van der Waals surface area contributed by atoms with Gasteiger partial charge in [0.1, 0.15) is 5.60 Å². The highest BCUT2D eigenvalue weighted by molar-refractivity contribution is 5.68. The van der Waals surface area contributed by atoms with Crippen molar-refractivity contribution in [2.75, 3.05) is 32.8 Å². The Morgan fingerprint density at radius 3 is 2.79 bits per heavy atom. The van der Waals surface area contributed by atoms with E-state index in [9.17, 15) is 4.79 Å². The monoisotopic (exact) mass is 272 g/mol. The molecule has 1 atom stereocenters. The third kappa shape index (κ3) is 6.78. The Morgan fingerprint density at radius 2 is 2.16 bits per heavy atom. The van der Waals surface area contributed by atoms with Gasteiger partial charge in [0, 0.05) is 32.3 Å². The van der Waals surface area contributed by atoms with Crippen molar-refractivity contribution in [3.05, 3.63) is 0 Å². The average Bonchev–Trinajstić information content (AvgIpc) is 2.33. The van der Waals surface area contributed by atoms with Crippen molar-refractivity contribution < 1.29 is 14.3 Å². The summed E-state index contributed by atoms with van der Waals surface area (Å²) in [6.45, 7) is 11.4. The van der Waals surface area contributed by atoms with Crippen LogP contribution in [0.4, 0.5) is 4.79 Å². The van der Waals surface area contributed by atoms with E-state index in [1.165, 1.54) is 0 Å². The minimum absolute atomic E-state index is 0.207. The maximum Gasteiger partial charge on any atom is 0.410 e. The molecule has 1 aliphatic rings. The lowest BCUT2D eigenvalue weighted by atomic mass is 10.2. The Kier molecular flexibility index (Phi) is 6.58. The zero-order valence-electron chi connectivity index (χ0n) is 12.7. The summed E-state index contributed by atoms with van der Waals surface area (Å²) in [7, 11) is 0. The normalized spacial score (nSPS) is 20.4. The molecule has 1 N–H and O–H groups in total. The average molecular weight is 272 g/mol. The third-order valence-electron chi connectivity index (χ3n) is 2.87. The molecule has 1 rings (SSSR count). The lowest BCUT2D eigenvalue weighted by Gasteiger charge is -2.34. The minimum Gasteiger partial charge on any atom is -0.444 e. The Bertz CT molecular complexity index is 276. The van der Waals surface area contributed by atoms with E-state index >= 15 is 0 Å². The second-order valence-corrected chi connectivity index (χ2v) is 6.01. The first kappa shape index (κ1) is 16.2. The molecule has 0 aliphatic carbocycles. The lowest BCUT2D eigenvalue weighted by molar-refractivity contribution is 0.0137. The van der Waals surface area contributed by atoms with E-state index < -0.39 is 5.60 Å². The van der Waals surface area contributed by atoms with Crippen molar-refractivity contribution in [3.63, 3.8) is 0 Å². The van der Waals surface area contributed by atoms with Gasteiger partial charge in [0.05, 0.1) is 6.61 Å². The standard InChI is InChI=1S/C14H28N2O3/c1-5-6-9-18-11-12-10-16(8-7-15-12)13(17)19-14(2,3)4/h12,15H,5-11H2,1-4H3/t12-/m1/s1. The molecule has 1 saturated heterocycles. The van der Waals surface area contributed by atoms with Crippen molar-refractivity contribution >= 4 is 6.09 Å². The van der Waals surface area contributed by atoms with Crippen molar-refractivity contribution in [2.45, 2.75) is 52.2 Å². The van der Waals surface area contributed by atoms with Crippen molar-refractivity contribution in [3.8, 4) is 0 Å². The van der Waals surface area contributed by atoms with Crippen LogP contribution >= 0.6 is 0 Å². The minimum atomic E-state index is -0.435. The van der Waals surface area contributed by atoms with E-state index in [1.807, 2.05) is 20.8 Å². The highest BCUT2D eigenvalue weighted by atomic mass is 16.6. The molecule has 19 heavy (non-hydrogen) atoms. The van der Waals surface area contributed by atoms with Gasteiger partial charge in [-0.1, -0.05) is 13.3 Å². The van der Waals surface area contributed by atoms with E-state index in [0.717, 1.165) is 26.0 Å². The number of carbonyl (C=O) groups excluding carboxylic acids is 1. The van der Waals surface area contributed by atoms with Gasteiger partial charge in [0.15, 0.2) is 0 Å². The van der Waals surface area contributed by atoms with Gasteiger partial charge in [0.25, 0.3) is 0 Å². The molecule has 0 unspecified atom stereocenters. The van der Waals surface area contributed by atoms with Crippen LogP contribution in [0.2, 0.25) is 0 Å². The number of amides is 1. The van der Waals surface area contributed by atoms with Crippen LogP contribution in [0.1, 0.15) is 40.5 Å². The molecule has 112 valence electrons. The second-order valence-electron chi connectivity index (χ2n) is 6.01. The van der Waals surface area contributed by atoms with E-state index in [2.05, 4.69) is 12.2 Å². The van der Waals surface area contributed by atoms with Crippen LogP contribution < -0.4 is 5.32 Å². The number of hydrogen-bond acceptors (Lipinski definition) is 4. The fraction of sp³-hybridized carbons (Fsp3) is 0.929. The number of ether oxygens (including phenoxy) is 2. The predicted octanol–water partition coefficient (Wildman–Crippen LogP) is 2.01. The summed E-state index contributed by atoms with van der Waals surface area (Å²) in [4.78, 5) is 13.7. The number of nitrogens with zero attached hydrogens (tertiary/aromatic N) is 1. The smallest absolute Gasteiger partial charge is 0.410 e. The fourth-order valence-electron chi connectivity index (χ4n) is 1.90. The van der Waals surface area contributed by atoms with Crippen molar-refractivity contribution in [1.29, 1.82) is 0 Å². The number of rotatable bonds is 5. The van der Waals surface area contributed by atoms with Gasteiger partial charge in [-0.05, 0) is 27.2 Å². The summed E-state index contributed by atoms with van der Waals surface area (Å²) in [5, 5.41) is 3.37. The topological polar surface area (TPSA) is 50.8 Å². The van der Waals surface area contributed by atoms with Gasteiger partial charge < -0.3 is 19.7 Å². The molecule has 0 aromatic rings. The number of hydrogen-bond donors (Lipinski definition) is 1. The van der Waals surface area contributed by atoms with E-state index in [-0.39, 0.29) is 12.1 Å². The molecule has 5 heteroatoms. The fourth-order valence-corrected chi connectivity index (χ4v) is 1.90. The molecule has 0 aromatic heterocycles. The Balaban J connectivity index is 2.31. The van der Waals surface area contributed by atoms with Crippen LogP contribution in [0.25, 0.3) is 0 Å². The summed E-state index contributed by atoms with van der Waals surface area (Å²) in [5.41, 5.74) is -0.435. The molecule has 1 heterocycles. The molecular weight excluding hydrogens is 244 g/mol. The molecule has 0 bridgehead atoms. The molecule has 5 nitrogen and oxygen atoms in total. The molecule has 0 radical (unpaired) electrons. The molecule has 0 saturated carbocycles. The number of piperazine rings is 1. The van der Waals surface area contributed by atoms with Gasteiger partial charge in [-0.25, -0.2) is 4.79 Å². The second kappa shape index (κ2) is 7.70. The van der Waals surface area contributed by atoms with Gasteiger partial charge in [0.2, 0.25) is 0 Å². The molecular formula is C14H28N2O3. The van der Waals surface area contributed by atoms with Crippen LogP contribution in [0.3, 0.4) is 0 Å². The summed E-state index contributed by atoms with van der Waals surface area (Å²) >= 11 is 0.